The number of rotatable bonds is 2. The lowest BCUT2D eigenvalue weighted by atomic mass is 9.98. The van der Waals surface area contributed by atoms with Crippen molar-refractivity contribution in [2.75, 3.05) is 13.2 Å². The highest BCUT2D eigenvalue weighted by atomic mass is 16.8. The molecule has 0 N–H and O–H groups in total. The van der Waals surface area contributed by atoms with Crippen LogP contribution in [-0.2, 0) is 19.1 Å². The third kappa shape index (κ3) is 2.00. The number of carbonyl (C=O) groups excluding carboxylic acids is 3. The van der Waals surface area contributed by atoms with Crippen molar-refractivity contribution in [2.24, 2.45) is 5.92 Å². The van der Waals surface area contributed by atoms with Crippen LogP contribution in [0.3, 0.4) is 0 Å². The lowest BCUT2D eigenvalue weighted by Gasteiger charge is -2.29. The van der Waals surface area contributed by atoms with Crippen LogP contribution in [0, 0.1) is 5.92 Å². The molecule has 2 amide bonds. The second kappa shape index (κ2) is 4.11. The largest absolute Gasteiger partial charge is 0.508 e. The van der Waals surface area contributed by atoms with Crippen LogP contribution in [0.5, 0.6) is 0 Å². The van der Waals surface area contributed by atoms with Crippen LogP contribution in [-0.4, -0.2) is 42.1 Å². The number of likely N-dealkylation sites (tertiary alicyclic amines) is 1. The Morgan fingerprint density at radius 3 is 2.75 bits per heavy atom. The number of hydrogen-bond acceptors (Lipinski definition) is 5. The summed E-state index contributed by atoms with van der Waals surface area (Å²) in [7, 11) is 0. The standard InChI is InChI=1S/C10H13NO5/c1-6-2-3-8(12)11(9(6)13)4-7-5-15-10(14)16-7/h6-7H,2-5H2,1H3. The van der Waals surface area contributed by atoms with Crippen molar-refractivity contribution in [3.63, 3.8) is 0 Å². The van der Waals surface area contributed by atoms with Gasteiger partial charge in [-0.25, -0.2) is 4.79 Å². The van der Waals surface area contributed by atoms with E-state index in [9.17, 15) is 14.4 Å². The number of carbonyl (C=O) groups is 3. The van der Waals surface area contributed by atoms with Crippen LogP contribution in [0.15, 0.2) is 0 Å². The SMILES string of the molecule is CC1CCC(=O)N(CC2COC(=O)O2)C1=O. The number of imide groups is 1. The summed E-state index contributed by atoms with van der Waals surface area (Å²) in [6.07, 6.45) is -0.301. The number of cyclic esters (lactones) is 2. The minimum Gasteiger partial charge on any atom is -0.430 e. The molecule has 16 heavy (non-hydrogen) atoms. The predicted molar refractivity (Wildman–Crippen MR) is 51.3 cm³/mol. The molecular weight excluding hydrogens is 214 g/mol. The normalized spacial score (nSPS) is 30.3. The number of piperidine rings is 1. The molecule has 0 saturated carbocycles. The molecular formula is C10H13NO5. The molecule has 0 aliphatic carbocycles. The van der Waals surface area contributed by atoms with E-state index in [2.05, 4.69) is 4.74 Å². The molecule has 2 aliphatic rings. The van der Waals surface area contributed by atoms with Crippen LogP contribution in [0.4, 0.5) is 4.79 Å². The van der Waals surface area contributed by atoms with Gasteiger partial charge in [-0.15, -0.1) is 0 Å². The molecule has 0 aromatic heterocycles. The molecule has 0 spiro atoms. The Kier molecular flexibility index (Phi) is 2.80. The number of ether oxygens (including phenoxy) is 2. The first-order valence-corrected chi connectivity index (χ1v) is 5.25. The van der Waals surface area contributed by atoms with E-state index in [4.69, 9.17) is 4.74 Å². The lowest BCUT2D eigenvalue weighted by Crippen LogP contribution is -2.48. The molecule has 2 unspecified atom stereocenters. The topological polar surface area (TPSA) is 72.9 Å². The molecule has 0 radical (unpaired) electrons. The van der Waals surface area contributed by atoms with Gasteiger partial charge in [0.25, 0.3) is 0 Å². The van der Waals surface area contributed by atoms with Gasteiger partial charge in [0.15, 0.2) is 6.10 Å². The van der Waals surface area contributed by atoms with Gasteiger partial charge in [0.2, 0.25) is 11.8 Å². The molecule has 6 heteroatoms. The van der Waals surface area contributed by atoms with Gasteiger partial charge < -0.3 is 9.47 Å². The van der Waals surface area contributed by atoms with E-state index in [1.165, 1.54) is 4.90 Å². The summed E-state index contributed by atoms with van der Waals surface area (Å²) >= 11 is 0. The minimum atomic E-state index is -0.741. The van der Waals surface area contributed by atoms with Gasteiger partial charge in [-0.3, -0.25) is 14.5 Å². The van der Waals surface area contributed by atoms with E-state index in [1.54, 1.807) is 6.92 Å². The molecule has 2 atom stereocenters. The quantitative estimate of drug-likeness (QED) is 0.501. The average Bonchev–Trinajstić information content (AvgIpc) is 2.65. The van der Waals surface area contributed by atoms with Gasteiger partial charge in [0.1, 0.15) is 6.61 Å². The maximum atomic E-state index is 11.7. The zero-order valence-corrected chi connectivity index (χ0v) is 8.97. The molecule has 88 valence electrons. The molecule has 2 saturated heterocycles. The molecule has 0 aromatic carbocycles. The highest BCUT2D eigenvalue weighted by Gasteiger charge is 2.36. The number of hydrogen-bond donors (Lipinski definition) is 0. The van der Waals surface area contributed by atoms with Crippen LogP contribution >= 0.6 is 0 Å². The predicted octanol–water partition coefficient (Wildman–Crippen LogP) is 0.307. The lowest BCUT2D eigenvalue weighted by molar-refractivity contribution is -0.152. The first-order chi connectivity index (χ1) is 7.58. The molecule has 6 nitrogen and oxygen atoms in total. The van der Waals surface area contributed by atoms with Crippen molar-refractivity contribution in [2.45, 2.75) is 25.9 Å². The van der Waals surface area contributed by atoms with Crippen LogP contribution < -0.4 is 0 Å². The third-order valence-corrected chi connectivity index (χ3v) is 2.82. The van der Waals surface area contributed by atoms with Crippen molar-refractivity contribution in [1.82, 2.24) is 4.90 Å². The monoisotopic (exact) mass is 227 g/mol. The summed E-state index contributed by atoms with van der Waals surface area (Å²) in [5.41, 5.74) is 0. The second-order valence-corrected chi connectivity index (χ2v) is 4.08. The summed E-state index contributed by atoms with van der Waals surface area (Å²) in [5, 5.41) is 0. The van der Waals surface area contributed by atoms with Gasteiger partial charge in [-0.2, -0.15) is 0 Å². The Morgan fingerprint density at radius 1 is 1.38 bits per heavy atom. The Morgan fingerprint density at radius 2 is 2.12 bits per heavy atom. The third-order valence-electron chi connectivity index (χ3n) is 2.82. The first kappa shape index (κ1) is 10.9. The van der Waals surface area contributed by atoms with Crippen molar-refractivity contribution in [1.29, 1.82) is 0 Å². The Labute approximate surface area is 92.5 Å². The van der Waals surface area contributed by atoms with E-state index in [-0.39, 0.29) is 30.9 Å². The van der Waals surface area contributed by atoms with Crippen molar-refractivity contribution in [3.05, 3.63) is 0 Å². The molecule has 2 heterocycles. The van der Waals surface area contributed by atoms with Crippen LogP contribution in [0.1, 0.15) is 19.8 Å². The summed E-state index contributed by atoms with van der Waals surface area (Å²) in [6, 6.07) is 0. The van der Waals surface area contributed by atoms with E-state index in [0.29, 0.717) is 12.8 Å². The summed E-state index contributed by atoms with van der Waals surface area (Å²) < 4.78 is 9.38. The summed E-state index contributed by atoms with van der Waals surface area (Å²) in [5.74, 6) is -0.541. The van der Waals surface area contributed by atoms with E-state index < -0.39 is 12.3 Å². The maximum Gasteiger partial charge on any atom is 0.508 e. The average molecular weight is 227 g/mol. The molecule has 0 bridgehead atoms. The Bertz CT molecular complexity index is 340. The van der Waals surface area contributed by atoms with Gasteiger partial charge in [-0.1, -0.05) is 6.92 Å². The highest BCUT2D eigenvalue weighted by Crippen LogP contribution is 2.20. The fourth-order valence-corrected chi connectivity index (χ4v) is 1.84. The first-order valence-electron chi connectivity index (χ1n) is 5.25. The van der Waals surface area contributed by atoms with E-state index >= 15 is 0 Å². The molecule has 2 rings (SSSR count). The van der Waals surface area contributed by atoms with Gasteiger partial charge in [0, 0.05) is 12.3 Å². The number of nitrogens with zero attached hydrogens (tertiary/aromatic N) is 1. The Hall–Kier alpha value is -1.59. The van der Waals surface area contributed by atoms with Crippen LogP contribution in [0.2, 0.25) is 0 Å². The summed E-state index contributed by atoms with van der Waals surface area (Å²) in [6.45, 7) is 2.00. The number of amides is 2. The molecule has 2 fully saturated rings. The van der Waals surface area contributed by atoms with Gasteiger partial charge in [-0.05, 0) is 6.42 Å². The maximum absolute atomic E-state index is 11.7. The zero-order chi connectivity index (χ0) is 11.7. The zero-order valence-electron chi connectivity index (χ0n) is 8.97. The van der Waals surface area contributed by atoms with E-state index in [1.807, 2.05) is 0 Å². The van der Waals surface area contributed by atoms with Crippen molar-refractivity contribution in [3.8, 4) is 0 Å². The van der Waals surface area contributed by atoms with Crippen molar-refractivity contribution < 1.29 is 23.9 Å². The second-order valence-electron chi connectivity index (χ2n) is 4.08. The molecule has 2 aliphatic heterocycles. The van der Waals surface area contributed by atoms with Gasteiger partial charge >= 0.3 is 6.16 Å². The fraction of sp³-hybridized carbons (Fsp3) is 0.700. The Balaban J connectivity index is 1.99. The summed E-state index contributed by atoms with van der Waals surface area (Å²) in [4.78, 5) is 35.1. The highest BCUT2D eigenvalue weighted by molar-refractivity contribution is 5.98. The van der Waals surface area contributed by atoms with Crippen molar-refractivity contribution >= 4 is 18.0 Å². The fourth-order valence-electron chi connectivity index (χ4n) is 1.84. The smallest absolute Gasteiger partial charge is 0.430 e. The van der Waals surface area contributed by atoms with E-state index in [0.717, 1.165) is 0 Å². The van der Waals surface area contributed by atoms with Crippen LogP contribution in [0.25, 0.3) is 0 Å². The minimum absolute atomic E-state index is 0.101. The molecule has 0 aromatic rings. The van der Waals surface area contributed by atoms with Gasteiger partial charge in [0.05, 0.1) is 6.54 Å².